The van der Waals surface area contributed by atoms with Crippen LogP contribution in [0.4, 0.5) is 0 Å². The summed E-state index contributed by atoms with van der Waals surface area (Å²) in [6, 6.07) is 0.170. The van der Waals surface area contributed by atoms with Crippen LogP contribution >= 0.6 is 0 Å². The molecule has 0 aromatic rings. The van der Waals surface area contributed by atoms with E-state index in [1.54, 1.807) is 19.1 Å². The van der Waals surface area contributed by atoms with Crippen LogP contribution in [0.3, 0.4) is 0 Å². The van der Waals surface area contributed by atoms with Crippen molar-refractivity contribution in [1.29, 1.82) is 0 Å². The molecule has 3 N–H and O–H groups in total. The first-order valence-electron chi connectivity index (χ1n) is 19.2. The molecule has 5 fully saturated rings. The summed E-state index contributed by atoms with van der Waals surface area (Å²) < 4.78 is 0. The van der Waals surface area contributed by atoms with E-state index in [0.29, 0.717) is 64.4 Å². The predicted octanol–water partition coefficient (Wildman–Crippen LogP) is 9.35. The summed E-state index contributed by atoms with van der Waals surface area (Å²) in [6.07, 6.45) is 17.9. The van der Waals surface area contributed by atoms with Crippen LogP contribution in [0.15, 0.2) is 36.0 Å². The monoisotopic (exact) mass is 649 g/mol. The third kappa shape index (κ3) is 5.80. The molecule has 47 heavy (non-hydrogen) atoms. The van der Waals surface area contributed by atoms with Gasteiger partial charge in [0.1, 0.15) is 0 Å². The summed E-state index contributed by atoms with van der Waals surface area (Å²) >= 11 is 0. The first kappa shape index (κ1) is 36.4. The van der Waals surface area contributed by atoms with Crippen LogP contribution in [0.25, 0.3) is 0 Å². The fourth-order valence-corrected chi connectivity index (χ4v) is 13.6. The van der Waals surface area contributed by atoms with E-state index in [2.05, 4.69) is 65.7 Å². The maximum absolute atomic E-state index is 12.9. The number of aliphatic carboxylic acids is 1. The van der Waals surface area contributed by atoms with Crippen LogP contribution in [0, 0.1) is 63.1 Å². The second-order valence-corrected chi connectivity index (χ2v) is 18.7. The number of carboxylic acid groups (broad SMARTS) is 1. The van der Waals surface area contributed by atoms with Crippen molar-refractivity contribution in [3.8, 4) is 0 Å². The molecule has 0 aromatic carbocycles. The van der Waals surface area contributed by atoms with Crippen molar-refractivity contribution in [1.82, 2.24) is 10.6 Å². The van der Waals surface area contributed by atoms with Crippen LogP contribution in [-0.4, -0.2) is 35.1 Å². The van der Waals surface area contributed by atoms with Crippen LogP contribution < -0.4 is 10.6 Å². The van der Waals surface area contributed by atoms with E-state index in [0.717, 1.165) is 12.0 Å². The average molecular weight is 649 g/mol. The molecule has 5 aliphatic carbocycles. The smallest absolute Gasteiger partial charge is 0.335 e. The van der Waals surface area contributed by atoms with Gasteiger partial charge in [-0.15, -0.1) is 0 Å². The van der Waals surface area contributed by atoms with Crippen molar-refractivity contribution < 1.29 is 14.7 Å². The number of rotatable bonds is 9. The molecule has 0 radical (unpaired) electrons. The summed E-state index contributed by atoms with van der Waals surface area (Å²) in [5.74, 6) is 3.64. The number of allylic oxidation sites excluding steroid dienone is 3. The second-order valence-electron chi connectivity index (χ2n) is 18.7. The minimum Gasteiger partial charge on any atom is -0.478 e. The van der Waals surface area contributed by atoms with E-state index in [4.69, 9.17) is 0 Å². The van der Waals surface area contributed by atoms with E-state index >= 15 is 0 Å². The third-order valence-corrected chi connectivity index (χ3v) is 15.9. The lowest BCUT2D eigenvalue weighted by Crippen LogP contribution is -2.68. The van der Waals surface area contributed by atoms with Crippen molar-refractivity contribution in [2.75, 3.05) is 6.54 Å². The molecule has 0 aliphatic heterocycles. The van der Waals surface area contributed by atoms with Gasteiger partial charge in [0.05, 0.1) is 12.1 Å². The standard InChI is InChI=1S/C42H68N2O3/c1-12-29(37(46)47)14-13-28(6)31-18-20-39(9)33(38(31,7)8)19-21-41(11)34(39)16-15-32-36-30(26(2)3)17-22-42(36,24-23-40(32,41)10)43-25-35(45)44-27(4)5/h12-14,26-27,30-34,36,43H,6,15-25H2,1-5,7-11H3,(H,44,45)(H,46,47)/b14-13-,29-12+/t30-,31+,32+,33?,34?,36?,39-,40+,41+,42-/m0/s1. The molecule has 5 saturated carbocycles. The Morgan fingerprint density at radius 2 is 1.55 bits per heavy atom. The number of carbonyl (C=O) groups excluding carboxylic acids is 1. The highest BCUT2D eigenvalue weighted by molar-refractivity contribution is 5.89. The van der Waals surface area contributed by atoms with Gasteiger partial charge in [-0.1, -0.05) is 72.8 Å². The normalized spacial score (nSPS) is 42.9. The van der Waals surface area contributed by atoms with Gasteiger partial charge < -0.3 is 15.7 Å². The predicted molar refractivity (Wildman–Crippen MR) is 194 cm³/mol. The average Bonchev–Trinajstić information content (AvgIpc) is 3.36. The molecule has 5 rings (SSSR count). The summed E-state index contributed by atoms with van der Waals surface area (Å²) in [7, 11) is 0. The minimum atomic E-state index is -0.882. The molecule has 0 aromatic heterocycles. The number of nitrogens with one attached hydrogen (secondary N) is 2. The summed E-state index contributed by atoms with van der Waals surface area (Å²) in [5, 5.41) is 16.6. The Kier molecular flexibility index (Phi) is 9.90. The van der Waals surface area contributed by atoms with Crippen molar-refractivity contribution in [2.45, 2.75) is 145 Å². The number of carboxylic acids is 1. The van der Waals surface area contributed by atoms with Gasteiger partial charge in [-0.2, -0.15) is 0 Å². The van der Waals surface area contributed by atoms with E-state index in [9.17, 15) is 14.7 Å². The van der Waals surface area contributed by atoms with Gasteiger partial charge in [-0.3, -0.25) is 4.79 Å². The lowest BCUT2D eigenvalue weighted by molar-refractivity contribution is -0.237. The van der Waals surface area contributed by atoms with Crippen molar-refractivity contribution in [3.05, 3.63) is 36.0 Å². The largest absolute Gasteiger partial charge is 0.478 e. The lowest BCUT2D eigenvalue weighted by atomic mass is 9.32. The Labute approximate surface area is 287 Å². The topological polar surface area (TPSA) is 78.4 Å². The van der Waals surface area contributed by atoms with E-state index in [1.807, 2.05) is 19.9 Å². The molecule has 5 nitrogen and oxygen atoms in total. The quantitative estimate of drug-likeness (QED) is 0.172. The number of fused-ring (bicyclic) bond motifs is 7. The SMILES string of the molecule is C=C(/C=C\C(=C/C)C(=O)O)[C@H]1CC[C@@]2(C)C(CC[C@]3(C)C2CC[C@@H]2C4[C@H](C(C)C)CC[C@]4(NCC(=O)NC(C)C)CC[C@]23C)C1(C)C. The van der Waals surface area contributed by atoms with Crippen molar-refractivity contribution in [2.24, 2.45) is 63.1 Å². The number of amides is 1. The highest BCUT2D eigenvalue weighted by Crippen LogP contribution is 2.77. The molecule has 0 saturated heterocycles. The fraction of sp³-hybridized carbons (Fsp3) is 0.810. The molecule has 264 valence electrons. The van der Waals surface area contributed by atoms with Gasteiger partial charge in [0.25, 0.3) is 0 Å². The maximum atomic E-state index is 12.9. The van der Waals surface area contributed by atoms with Gasteiger partial charge in [-0.05, 0) is 154 Å². The molecule has 5 heteroatoms. The first-order chi connectivity index (χ1) is 21.9. The van der Waals surface area contributed by atoms with Gasteiger partial charge in [0.15, 0.2) is 0 Å². The molecule has 0 heterocycles. The lowest BCUT2D eigenvalue weighted by Gasteiger charge is -2.73. The Hall–Kier alpha value is -1.88. The molecule has 0 bridgehead atoms. The van der Waals surface area contributed by atoms with Crippen molar-refractivity contribution >= 4 is 11.9 Å². The summed E-state index contributed by atoms with van der Waals surface area (Å²) in [6.45, 7) is 28.8. The molecular formula is C42H68N2O3. The number of hydrogen-bond donors (Lipinski definition) is 3. The molecule has 1 amide bonds. The highest BCUT2D eigenvalue weighted by atomic mass is 16.4. The van der Waals surface area contributed by atoms with Gasteiger partial charge in [0, 0.05) is 11.6 Å². The zero-order chi connectivity index (χ0) is 34.7. The molecule has 5 aliphatic rings. The van der Waals surface area contributed by atoms with Crippen LogP contribution in [0.5, 0.6) is 0 Å². The van der Waals surface area contributed by atoms with Gasteiger partial charge in [-0.25, -0.2) is 4.79 Å². The summed E-state index contributed by atoms with van der Waals surface area (Å²) in [4.78, 5) is 24.5. The molecule has 0 spiro atoms. The zero-order valence-corrected chi connectivity index (χ0v) is 31.6. The van der Waals surface area contributed by atoms with E-state index < -0.39 is 5.97 Å². The number of carbonyl (C=O) groups is 2. The molecule has 10 atom stereocenters. The van der Waals surface area contributed by atoms with Crippen LogP contribution in [0.1, 0.15) is 133 Å². The summed E-state index contributed by atoms with van der Waals surface area (Å²) in [5.41, 5.74) is 2.48. The Balaban J connectivity index is 1.42. The Morgan fingerprint density at radius 3 is 2.17 bits per heavy atom. The number of hydrogen-bond acceptors (Lipinski definition) is 3. The molecular weight excluding hydrogens is 580 g/mol. The van der Waals surface area contributed by atoms with Crippen molar-refractivity contribution in [3.63, 3.8) is 0 Å². The second kappa shape index (κ2) is 12.8. The highest BCUT2D eigenvalue weighted by Gasteiger charge is 2.71. The third-order valence-electron chi connectivity index (χ3n) is 15.9. The van der Waals surface area contributed by atoms with E-state index in [-0.39, 0.29) is 28.3 Å². The van der Waals surface area contributed by atoms with Gasteiger partial charge >= 0.3 is 5.97 Å². The van der Waals surface area contributed by atoms with Crippen LogP contribution in [0.2, 0.25) is 0 Å². The first-order valence-corrected chi connectivity index (χ1v) is 19.2. The van der Waals surface area contributed by atoms with Crippen LogP contribution in [-0.2, 0) is 9.59 Å². The maximum Gasteiger partial charge on any atom is 0.335 e. The van der Waals surface area contributed by atoms with E-state index in [1.165, 1.54) is 57.8 Å². The minimum absolute atomic E-state index is 0.0825. The fourth-order valence-electron chi connectivity index (χ4n) is 13.6. The Bertz CT molecular complexity index is 1290. The Morgan fingerprint density at radius 1 is 0.851 bits per heavy atom. The van der Waals surface area contributed by atoms with Gasteiger partial charge in [0.2, 0.25) is 5.91 Å². The zero-order valence-electron chi connectivity index (χ0n) is 31.6. The molecule has 3 unspecified atom stereocenters.